The van der Waals surface area contributed by atoms with Gasteiger partial charge >= 0.3 is 6.18 Å². The third-order valence-electron chi connectivity index (χ3n) is 3.83. The number of hydrogen-bond donors (Lipinski definition) is 2. The molecule has 11 heteroatoms. The first-order valence-electron chi connectivity index (χ1n) is 7.76. The van der Waals surface area contributed by atoms with Crippen LogP contribution in [0.1, 0.15) is 16.1 Å². The Balaban J connectivity index is 1.79. The van der Waals surface area contributed by atoms with Gasteiger partial charge in [-0.2, -0.15) is 24.5 Å². The third-order valence-corrected chi connectivity index (χ3v) is 4.87. The molecule has 4 heterocycles. The summed E-state index contributed by atoms with van der Waals surface area (Å²) in [4.78, 5) is 16.2. The van der Waals surface area contributed by atoms with E-state index in [1.54, 1.807) is 22.9 Å². The summed E-state index contributed by atoms with van der Waals surface area (Å²) >= 11 is 7.59. The van der Waals surface area contributed by atoms with Crippen molar-refractivity contribution in [1.29, 1.82) is 0 Å². The zero-order chi connectivity index (χ0) is 19.9. The molecule has 0 aromatic carbocycles. The van der Waals surface area contributed by atoms with Gasteiger partial charge in [0.2, 0.25) is 0 Å². The Hall–Kier alpha value is -2.98. The fourth-order valence-corrected chi connectivity index (χ4v) is 3.42. The maximum absolute atomic E-state index is 13.6. The number of aromatic nitrogens is 2. The Kier molecular flexibility index (Phi) is 4.52. The SMILES string of the molecule is O=C(NNc1ccsc1)c1nc2c(C(F)(F)F)cc(-c3ccco3)cn2c1Cl. The Morgan fingerprint density at radius 3 is 2.79 bits per heavy atom. The summed E-state index contributed by atoms with van der Waals surface area (Å²) < 4.78 is 46.9. The summed E-state index contributed by atoms with van der Waals surface area (Å²) in [5.41, 5.74) is 3.91. The van der Waals surface area contributed by atoms with Gasteiger partial charge in [0.1, 0.15) is 10.9 Å². The quantitative estimate of drug-likeness (QED) is 0.446. The number of pyridine rings is 1. The highest BCUT2D eigenvalue weighted by Crippen LogP contribution is 2.37. The number of carbonyl (C=O) groups excluding carboxylic acids is 1. The molecule has 0 radical (unpaired) electrons. The van der Waals surface area contributed by atoms with Gasteiger partial charge in [-0.05, 0) is 29.6 Å². The van der Waals surface area contributed by atoms with Crippen molar-refractivity contribution in [2.75, 3.05) is 5.43 Å². The molecule has 0 saturated carbocycles. The van der Waals surface area contributed by atoms with Crippen LogP contribution in [0.2, 0.25) is 5.15 Å². The molecule has 4 aromatic rings. The molecule has 0 bridgehead atoms. The molecular formula is C17H10ClF3N4O2S. The largest absolute Gasteiger partial charge is 0.464 e. The molecule has 4 aromatic heterocycles. The van der Waals surface area contributed by atoms with Crippen molar-refractivity contribution in [2.24, 2.45) is 0 Å². The van der Waals surface area contributed by atoms with Crippen LogP contribution in [0.5, 0.6) is 0 Å². The summed E-state index contributed by atoms with van der Waals surface area (Å²) in [7, 11) is 0. The molecule has 144 valence electrons. The minimum atomic E-state index is -4.71. The normalized spacial score (nSPS) is 11.7. The fraction of sp³-hybridized carbons (Fsp3) is 0.0588. The van der Waals surface area contributed by atoms with Gasteiger partial charge in [0.25, 0.3) is 5.91 Å². The number of nitrogens with zero attached hydrogens (tertiary/aromatic N) is 2. The van der Waals surface area contributed by atoms with Crippen molar-refractivity contribution < 1.29 is 22.4 Å². The summed E-state index contributed by atoms with van der Waals surface area (Å²) in [6.07, 6.45) is -2.03. The molecule has 0 aliphatic heterocycles. The lowest BCUT2D eigenvalue weighted by molar-refractivity contribution is -0.136. The van der Waals surface area contributed by atoms with E-state index >= 15 is 0 Å². The summed E-state index contributed by atoms with van der Waals surface area (Å²) in [5.74, 6) is -0.546. The maximum Gasteiger partial charge on any atom is 0.420 e. The summed E-state index contributed by atoms with van der Waals surface area (Å²) in [5, 5.41) is 3.28. The van der Waals surface area contributed by atoms with Crippen molar-refractivity contribution in [2.45, 2.75) is 6.18 Å². The molecule has 0 fully saturated rings. The first-order valence-corrected chi connectivity index (χ1v) is 9.08. The number of anilines is 1. The average molecular weight is 427 g/mol. The van der Waals surface area contributed by atoms with Crippen molar-refractivity contribution in [3.05, 3.63) is 63.9 Å². The molecule has 4 rings (SSSR count). The molecule has 0 unspecified atom stereocenters. The number of imidazole rings is 1. The van der Waals surface area contributed by atoms with E-state index < -0.39 is 23.3 Å². The first kappa shape index (κ1) is 18.4. The number of carbonyl (C=O) groups is 1. The number of rotatable bonds is 4. The van der Waals surface area contributed by atoms with Crippen LogP contribution in [0, 0.1) is 0 Å². The number of alkyl halides is 3. The molecular weight excluding hydrogens is 417 g/mol. The summed E-state index contributed by atoms with van der Waals surface area (Å²) in [6, 6.07) is 5.69. The Morgan fingerprint density at radius 1 is 1.32 bits per heavy atom. The van der Waals surface area contributed by atoms with Gasteiger partial charge in [-0.3, -0.25) is 20.0 Å². The second kappa shape index (κ2) is 6.88. The maximum atomic E-state index is 13.6. The first-order chi connectivity index (χ1) is 13.3. The Labute approximate surface area is 164 Å². The second-order valence-corrected chi connectivity index (χ2v) is 6.79. The van der Waals surface area contributed by atoms with Crippen LogP contribution in [0.15, 0.2) is 51.9 Å². The standard InChI is InChI=1S/C17H10ClF3N4O2S/c18-14-13(16(26)24-23-10-3-5-28-8-10)22-15-11(17(19,20)21)6-9(7-25(14)15)12-2-1-4-27-12/h1-8,23H,(H,24,26). The van der Waals surface area contributed by atoms with Crippen molar-refractivity contribution >= 4 is 40.2 Å². The predicted octanol–water partition coefficient (Wildman–Crippen LogP) is 5.08. The van der Waals surface area contributed by atoms with Crippen LogP contribution in [-0.2, 0) is 6.18 Å². The number of furan rings is 1. The van der Waals surface area contributed by atoms with Crippen LogP contribution in [-0.4, -0.2) is 15.3 Å². The molecule has 6 nitrogen and oxygen atoms in total. The van der Waals surface area contributed by atoms with E-state index in [0.717, 1.165) is 10.5 Å². The lowest BCUT2D eigenvalue weighted by Gasteiger charge is -2.10. The van der Waals surface area contributed by atoms with Crippen LogP contribution in [0.25, 0.3) is 17.0 Å². The molecule has 0 saturated heterocycles. The molecule has 0 aliphatic carbocycles. The fourth-order valence-electron chi connectivity index (χ4n) is 2.57. The highest BCUT2D eigenvalue weighted by molar-refractivity contribution is 7.08. The predicted molar refractivity (Wildman–Crippen MR) is 98.3 cm³/mol. The highest BCUT2D eigenvalue weighted by atomic mass is 35.5. The van der Waals surface area contributed by atoms with Gasteiger partial charge in [-0.25, -0.2) is 4.98 Å². The average Bonchev–Trinajstić information content (AvgIpc) is 3.40. The van der Waals surface area contributed by atoms with Gasteiger partial charge in [-0.1, -0.05) is 11.6 Å². The molecule has 0 aliphatic rings. The highest BCUT2D eigenvalue weighted by Gasteiger charge is 2.36. The second-order valence-electron chi connectivity index (χ2n) is 5.65. The van der Waals surface area contributed by atoms with Crippen LogP contribution in [0.4, 0.5) is 18.9 Å². The third kappa shape index (κ3) is 3.32. The van der Waals surface area contributed by atoms with Gasteiger partial charge in [0.15, 0.2) is 11.3 Å². The van der Waals surface area contributed by atoms with Gasteiger partial charge in [0.05, 0.1) is 17.5 Å². The van der Waals surface area contributed by atoms with E-state index in [1.807, 2.05) is 0 Å². The van der Waals surface area contributed by atoms with Crippen molar-refractivity contribution in [3.8, 4) is 11.3 Å². The molecule has 0 atom stereocenters. The van der Waals surface area contributed by atoms with Crippen LogP contribution >= 0.6 is 22.9 Å². The number of hydrogen-bond acceptors (Lipinski definition) is 5. The Morgan fingerprint density at radius 2 is 2.14 bits per heavy atom. The number of amides is 1. The minimum Gasteiger partial charge on any atom is -0.464 e. The van der Waals surface area contributed by atoms with E-state index in [9.17, 15) is 18.0 Å². The van der Waals surface area contributed by atoms with Crippen LogP contribution < -0.4 is 10.9 Å². The van der Waals surface area contributed by atoms with E-state index in [2.05, 4.69) is 15.8 Å². The molecule has 1 amide bonds. The number of thiophene rings is 1. The van der Waals surface area contributed by atoms with E-state index in [1.165, 1.54) is 29.9 Å². The zero-order valence-corrected chi connectivity index (χ0v) is 15.3. The lowest BCUT2D eigenvalue weighted by Crippen LogP contribution is -2.29. The molecule has 0 spiro atoms. The minimum absolute atomic E-state index is 0.146. The monoisotopic (exact) mass is 426 g/mol. The Bertz CT molecular complexity index is 1140. The number of hydrazine groups is 1. The number of halogens is 4. The summed E-state index contributed by atoms with van der Waals surface area (Å²) in [6.45, 7) is 0. The van der Waals surface area contributed by atoms with Crippen molar-refractivity contribution in [1.82, 2.24) is 14.8 Å². The molecule has 2 N–H and O–H groups in total. The smallest absolute Gasteiger partial charge is 0.420 e. The van der Waals surface area contributed by atoms with E-state index in [-0.39, 0.29) is 22.2 Å². The number of nitrogens with one attached hydrogen (secondary N) is 2. The zero-order valence-electron chi connectivity index (χ0n) is 13.7. The van der Waals surface area contributed by atoms with Crippen molar-refractivity contribution in [3.63, 3.8) is 0 Å². The van der Waals surface area contributed by atoms with Gasteiger partial charge < -0.3 is 4.42 Å². The van der Waals surface area contributed by atoms with Gasteiger partial charge in [0, 0.05) is 17.1 Å². The molecule has 28 heavy (non-hydrogen) atoms. The van der Waals surface area contributed by atoms with E-state index in [4.69, 9.17) is 16.0 Å². The number of fused-ring (bicyclic) bond motifs is 1. The van der Waals surface area contributed by atoms with Gasteiger partial charge in [-0.15, -0.1) is 0 Å². The topological polar surface area (TPSA) is 71.6 Å². The van der Waals surface area contributed by atoms with E-state index in [0.29, 0.717) is 5.69 Å². The lowest BCUT2D eigenvalue weighted by atomic mass is 10.1. The van der Waals surface area contributed by atoms with Crippen LogP contribution in [0.3, 0.4) is 0 Å².